The van der Waals surface area contributed by atoms with Gasteiger partial charge in [0.25, 0.3) is 5.56 Å². The van der Waals surface area contributed by atoms with Crippen molar-refractivity contribution in [3.8, 4) is 11.3 Å². The zero-order chi connectivity index (χ0) is 15.0. The maximum Gasteiger partial charge on any atom is 0.325 e. The number of benzene rings is 1. The maximum atomic E-state index is 12.2. The van der Waals surface area contributed by atoms with Crippen LogP contribution in [-0.2, 0) is 17.8 Å². The van der Waals surface area contributed by atoms with Gasteiger partial charge < -0.3 is 5.11 Å². The molecule has 106 valence electrons. The zero-order valence-corrected chi connectivity index (χ0v) is 11.5. The van der Waals surface area contributed by atoms with E-state index in [1.165, 1.54) is 0 Å². The molecule has 3 rings (SSSR count). The molecule has 0 spiro atoms. The first kappa shape index (κ1) is 13.5. The van der Waals surface area contributed by atoms with Gasteiger partial charge >= 0.3 is 5.97 Å². The third kappa shape index (κ3) is 2.45. The normalized spacial score (nSPS) is 12.4. The monoisotopic (exact) mass is 303 g/mol. The first-order chi connectivity index (χ1) is 10.1. The van der Waals surface area contributed by atoms with Gasteiger partial charge in [0.15, 0.2) is 0 Å². The summed E-state index contributed by atoms with van der Waals surface area (Å²) in [5, 5.41) is 13.6. The van der Waals surface area contributed by atoms with E-state index in [2.05, 4.69) is 10.1 Å². The molecule has 1 aliphatic heterocycles. The second kappa shape index (κ2) is 5.14. The largest absolute Gasteiger partial charge is 0.480 e. The molecule has 2 aromatic rings. The molecular formula is C14H10ClN3O3. The summed E-state index contributed by atoms with van der Waals surface area (Å²) in [4.78, 5) is 27.2. The number of carbonyl (C=O) groups is 1. The summed E-state index contributed by atoms with van der Waals surface area (Å²) < 4.78 is 0.950. The molecule has 0 fully saturated rings. The zero-order valence-electron chi connectivity index (χ0n) is 10.8. The summed E-state index contributed by atoms with van der Waals surface area (Å²) in [6.07, 6.45) is 2.00. The molecule has 7 heteroatoms. The number of carboxylic acids is 1. The molecule has 0 radical (unpaired) electrons. The Morgan fingerprint density at radius 2 is 2.24 bits per heavy atom. The number of fused-ring (bicyclic) bond motifs is 1. The highest BCUT2D eigenvalue weighted by molar-refractivity contribution is 6.30. The molecule has 1 N–H and O–H groups in total. The van der Waals surface area contributed by atoms with Crippen molar-refractivity contribution in [1.82, 2.24) is 9.78 Å². The number of aromatic nitrogens is 2. The van der Waals surface area contributed by atoms with Gasteiger partial charge in [0.05, 0.1) is 11.3 Å². The predicted molar refractivity (Wildman–Crippen MR) is 78.4 cm³/mol. The summed E-state index contributed by atoms with van der Waals surface area (Å²) in [6, 6.07) is 6.98. The SMILES string of the molecule is O=C(O)Cn1nc(-c2cccc(Cl)c2)c2c(c1=O)CC=N2. The minimum atomic E-state index is -1.12. The van der Waals surface area contributed by atoms with Crippen LogP contribution in [0.3, 0.4) is 0 Å². The second-order valence-corrected chi connectivity index (χ2v) is 4.99. The molecule has 2 heterocycles. The summed E-state index contributed by atoms with van der Waals surface area (Å²) in [7, 11) is 0. The first-order valence-corrected chi connectivity index (χ1v) is 6.58. The number of rotatable bonds is 3. The van der Waals surface area contributed by atoms with E-state index in [0.29, 0.717) is 34.0 Å². The van der Waals surface area contributed by atoms with Gasteiger partial charge in [-0.3, -0.25) is 14.6 Å². The van der Waals surface area contributed by atoms with E-state index in [1.54, 1.807) is 30.5 Å². The lowest BCUT2D eigenvalue weighted by Crippen LogP contribution is -2.29. The van der Waals surface area contributed by atoms with Crippen LogP contribution in [0.15, 0.2) is 34.1 Å². The first-order valence-electron chi connectivity index (χ1n) is 6.20. The Morgan fingerprint density at radius 3 is 2.95 bits per heavy atom. The predicted octanol–water partition coefficient (Wildman–Crippen LogP) is 1.91. The Morgan fingerprint density at radius 1 is 1.43 bits per heavy atom. The maximum absolute atomic E-state index is 12.2. The van der Waals surface area contributed by atoms with Crippen LogP contribution < -0.4 is 5.56 Å². The Balaban J connectivity index is 2.24. The van der Waals surface area contributed by atoms with Crippen LogP contribution in [0, 0.1) is 0 Å². The number of nitrogens with zero attached hydrogens (tertiary/aromatic N) is 3. The minimum Gasteiger partial charge on any atom is -0.480 e. The van der Waals surface area contributed by atoms with Crippen LogP contribution in [-0.4, -0.2) is 27.1 Å². The van der Waals surface area contributed by atoms with Gasteiger partial charge in [0, 0.05) is 23.2 Å². The molecule has 1 aliphatic rings. The molecule has 1 aromatic heterocycles. The number of hydrogen-bond acceptors (Lipinski definition) is 4. The summed E-state index contributed by atoms with van der Waals surface area (Å²) >= 11 is 5.97. The fourth-order valence-electron chi connectivity index (χ4n) is 2.23. The van der Waals surface area contributed by atoms with E-state index in [1.807, 2.05) is 0 Å². The molecule has 21 heavy (non-hydrogen) atoms. The number of halogens is 1. The Hall–Kier alpha value is -2.47. The van der Waals surface area contributed by atoms with Crippen molar-refractivity contribution in [3.05, 3.63) is 45.2 Å². The van der Waals surface area contributed by atoms with Crippen molar-refractivity contribution in [3.63, 3.8) is 0 Å². The summed E-state index contributed by atoms with van der Waals surface area (Å²) in [5.41, 5.74) is 1.68. The number of aliphatic imine (C=N–C) groups is 1. The molecule has 0 atom stereocenters. The lowest BCUT2D eigenvalue weighted by Gasteiger charge is -2.10. The third-order valence-corrected chi connectivity index (χ3v) is 3.36. The number of aliphatic carboxylic acids is 1. The fraction of sp³-hybridized carbons (Fsp3) is 0.143. The number of carboxylic acid groups (broad SMARTS) is 1. The van der Waals surface area contributed by atoms with Crippen molar-refractivity contribution in [1.29, 1.82) is 0 Å². The highest BCUT2D eigenvalue weighted by atomic mass is 35.5. The lowest BCUT2D eigenvalue weighted by molar-refractivity contribution is -0.138. The van der Waals surface area contributed by atoms with Gasteiger partial charge in [-0.05, 0) is 12.1 Å². The average Bonchev–Trinajstić information content (AvgIpc) is 2.91. The second-order valence-electron chi connectivity index (χ2n) is 4.56. The summed E-state index contributed by atoms with van der Waals surface area (Å²) in [5.74, 6) is -1.12. The van der Waals surface area contributed by atoms with E-state index in [9.17, 15) is 9.59 Å². The molecule has 0 amide bonds. The van der Waals surface area contributed by atoms with Crippen molar-refractivity contribution < 1.29 is 9.90 Å². The standard InChI is InChI=1S/C14H10ClN3O3/c15-9-3-1-2-8(6-9)12-13-10(4-5-16-13)14(21)18(17-12)7-11(19)20/h1-3,5-6H,4,7H2,(H,19,20). The smallest absolute Gasteiger partial charge is 0.325 e. The van der Waals surface area contributed by atoms with E-state index < -0.39 is 18.1 Å². The van der Waals surface area contributed by atoms with E-state index in [4.69, 9.17) is 16.7 Å². The molecule has 0 saturated carbocycles. The van der Waals surface area contributed by atoms with Crippen LogP contribution in [0.2, 0.25) is 5.02 Å². The van der Waals surface area contributed by atoms with Crippen LogP contribution >= 0.6 is 11.6 Å². The van der Waals surface area contributed by atoms with Crippen LogP contribution in [0.1, 0.15) is 5.56 Å². The molecule has 6 nitrogen and oxygen atoms in total. The van der Waals surface area contributed by atoms with E-state index in [-0.39, 0.29) is 0 Å². The molecule has 0 aliphatic carbocycles. The fourth-order valence-corrected chi connectivity index (χ4v) is 2.42. The van der Waals surface area contributed by atoms with E-state index in [0.717, 1.165) is 4.68 Å². The van der Waals surface area contributed by atoms with Gasteiger partial charge in [-0.1, -0.05) is 23.7 Å². The van der Waals surface area contributed by atoms with Crippen molar-refractivity contribution in [2.75, 3.05) is 0 Å². The molecule has 1 aromatic carbocycles. The molecular weight excluding hydrogens is 294 g/mol. The van der Waals surface area contributed by atoms with Crippen molar-refractivity contribution in [2.24, 2.45) is 4.99 Å². The highest BCUT2D eigenvalue weighted by Crippen LogP contribution is 2.33. The van der Waals surface area contributed by atoms with Crippen molar-refractivity contribution >= 4 is 29.5 Å². The topological polar surface area (TPSA) is 84.5 Å². The molecule has 0 bridgehead atoms. The quantitative estimate of drug-likeness (QED) is 0.938. The van der Waals surface area contributed by atoms with Gasteiger partial charge in [0.2, 0.25) is 0 Å². The van der Waals surface area contributed by atoms with Crippen LogP contribution in [0.5, 0.6) is 0 Å². The van der Waals surface area contributed by atoms with Crippen molar-refractivity contribution in [2.45, 2.75) is 13.0 Å². The van der Waals surface area contributed by atoms with Gasteiger partial charge in [0.1, 0.15) is 12.2 Å². The Kier molecular flexibility index (Phi) is 3.31. The Bertz CT molecular complexity index is 827. The number of hydrogen-bond donors (Lipinski definition) is 1. The highest BCUT2D eigenvalue weighted by Gasteiger charge is 2.21. The third-order valence-electron chi connectivity index (χ3n) is 3.12. The van der Waals surface area contributed by atoms with Crippen LogP contribution in [0.4, 0.5) is 5.69 Å². The summed E-state index contributed by atoms with van der Waals surface area (Å²) in [6.45, 7) is -0.486. The van der Waals surface area contributed by atoms with E-state index >= 15 is 0 Å². The minimum absolute atomic E-state index is 0.379. The average molecular weight is 304 g/mol. The van der Waals surface area contributed by atoms with Gasteiger partial charge in [-0.15, -0.1) is 0 Å². The Labute approximate surface area is 124 Å². The van der Waals surface area contributed by atoms with Crippen LogP contribution in [0.25, 0.3) is 11.3 Å². The van der Waals surface area contributed by atoms with Gasteiger partial charge in [-0.25, -0.2) is 4.68 Å². The molecule has 0 unspecified atom stereocenters. The molecule has 0 saturated heterocycles. The lowest BCUT2D eigenvalue weighted by atomic mass is 10.1. The van der Waals surface area contributed by atoms with Gasteiger partial charge in [-0.2, -0.15) is 5.10 Å².